The third-order valence-corrected chi connectivity index (χ3v) is 3.74. The first-order valence-corrected chi connectivity index (χ1v) is 4.89. The highest BCUT2D eigenvalue weighted by molar-refractivity contribution is 5.05. The van der Waals surface area contributed by atoms with Crippen LogP contribution in [0.4, 0.5) is 0 Å². The summed E-state index contributed by atoms with van der Waals surface area (Å²) in [6, 6.07) is 0. The molecule has 0 radical (unpaired) electrons. The summed E-state index contributed by atoms with van der Waals surface area (Å²) in [5.74, 6) is 0. The molecule has 0 aliphatic carbocycles. The van der Waals surface area contributed by atoms with E-state index >= 15 is 0 Å². The Morgan fingerprint density at radius 1 is 1.38 bits per heavy atom. The highest BCUT2D eigenvalue weighted by Gasteiger charge is 2.48. The standard InChI is InChI=1S/C10H22N2O/c1-9(2,12(3)4)10(13-5)6-7-11-8-10/h11H,6-8H2,1-5H3. The average molecular weight is 186 g/mol. The number of methoxy groups -OCH3 is 1. The predicted molar refractivity (Wildman–Crippen MR) is 55.0 cm³/mol. The highest BCUT2D eigenvalue weighted by atomic mass is 16.5. The van der Waals surface area contributed by atoms with E-state index in [0.717, 1.165) is 19.5 Å². The molecule has 1 atom stereocenters. The first-order valence-electron chi connectivity index (χ1n) is 4.89. The van der Waals surface area contributed by atoms with Crippen LogP contribution in [0.1, 0.15) is 20.3 Å². The summed E-state index contributed by atoms with van der Waals surface area (Å²) in [5.41, 5.74) is 0.0434. The maximum Gasteiger partial charge on any atom is 0.0991 e. The van der Waals surface area contributed by atoms with Gasteiger partial charge in [0.05, 0.1) is 5.60 Å². The summed E-state index contributed by atoms with van der Waals surface area (Å²) in [6.45, 7) is 6.49. The molecule has 0 amide bonds. The van der Waals surface area contributed by atoms with Crippen molar-refractivity contribution in [3.05, 3.63) is 0 Å². The number of nitrogens with one attached hydrogen (secondary N) is 1. The lowest BCUT2D eigenvalue weighted by Gasteiger charge is -2.47. The van der Waals surface area contributed by atoms with Crippen LogP contribution in [-0.2, 0) is 4.74 Å². The van der Waals surface area contributed by atoms with Crippen molar-refractivity contribution in [2.45, 2.75) is 31.4 Å². The molecule has 1 fully saturated rings. The smallest absolute Gasteiger partial charge is 0.0991 e. The molecule has 1 N–H and O–H groups in total. The van der Waals surface area contributed by atoms with E-state index in [4.69, 9.17) is 4.74 Å². The van der Waals surface area contributed by atoms with E-state index in [1.165, 1.54) is 0 Å². The van der Waals surface area contributed by atoms with Gasteiger partial charge in [-0.3, -0.25) is 0 Å². The molecule has 1 aliphatic rings. The summed E-state index contributed by atoms with van der Waals surface area (Å²) in [7, 11) is 6.04. The van der Waals surface area contributed by atoms with Crippen LogP contribution >= 0.6 is 0 Å². The minimum absolute atomic E-state index is 0.0312. The molecule has 1 rings (SSSR count). The van der Waals surface area contributed by atoms with Crippen LogP contribution in [0.25, 0.3) is 0 Å². The minimum Gasteiger partial charge on any atom is -0.375 e. The Labute approximate surface area is 81.4 Å². The Hall–Kier alpha value is -0.120. The first kappa shape index (κ1) is 11.0. The minimum atomic E-state index is -0.0312. The zero-order valence-electron chi connectivity index (χ0n) is 9.48. The number of hydrogen-bond acceptors (Lipinski definition) is 3. The monoisotopic (exact) mass is 186 g/mol. The summed E-state index contributed by atoms with van der Waals surface area (Å²) in [5, 5.41) is 3.37. The summed E-state index contributed by atoms with van der Waals surface area (Å²) in [6.07, 6.45) is 1.09. The van der Waals surface area contributed by atoms with E-state index in [1.54, 1.807) is 0 Å². The summed E-state index contributed by atoms with van der Waals surface area (Å²) < 4.78 is 5.72. The van der Waals surface area contributed by atoms with E-state index in [-0.39, 0.29) is 11.1 Å². The molecule has 0 aromatic carbocycles. The molecule has 78 valence electrons. The molecule has 0 saturated carbocycles. The van der Waals surface area contributed by atoms with Gasteiger partial charge in [0, 0.05) is 19.2 Å². The van der Waals surface area contributed by atoms with Crippen molar-refractivity contribution < 1.29 is 4.74 Å². The molecule has 1 heterocycles. The van der Waals surface area contributed by atoms with E-state index in [0.29, 0.717) is 0 Å². The third kappa shape index (κ3) is 1.60. The van der Waals surface area contributed by atoms with Gasteiger partial charge in [-0.1, -0.05) is 0 Å². The Bertz CT molecular complexity index is 172. The second-order valence-electron chi connectivity index (χ2n) is 4.58. The van der Waals surface area contributed by atoms with Crippen LogP contribution in [0.5, 0.6) is 0 Å². The molecule has 0 spiro atoms. The Balaban J connectivity index is 2.86. The molecule has 0 aromatic heterocycles. The van der Waals surface area contributed by atoms with Crippen LogP contribution in [0.3, 0.4) is 0 Å². The van der Waals surface area contributed by atoms with E-state index in [1.807, 2.05) is 7.11 Å². The molecule has 1 saturated heterocycles. The topological polar surface area (TPSA) is 24.5 Å². The molecule has 3 heteroatoms. The lowest BCUT2D eigenvalue weighted by molar-refractivity contribution is -0.0950. The van der Waals surface area contributed by atoms with Gasteiger partial charge >= 0.3 is 0 Å². The number of nitrogens with zero attached hydrogens (tertiary/aromatic N) is 1. The summed E-state index contributed by atoms with van der Waals surface area (Å²) >= 11 is 0. The van der Waals surface area contributed by atoms with Crippen molar-refractivity contribution in [2.24, 2.45) is 0 Å². The zero-order valence-corrected chi connectivity index (χ0v) is 9.48. The van der Waals surface area contributed by atoms with Gasteiger partial charge in [0.1, 0.15) is 0 Å². The van der Waals surface area contributed by atoms with Crippen molar-refractivity contribution in [3.63, 3.8) is 0 Å². The van der Waals surface area contributed by atoms with Crippen molar-refractivity contribution in [1.82, 2.24) is 10.2 Å². The molecular formula is C10H22N2O. The second kappa shape index (κ2) is 3.56. The van der Waals surface area contributed by atoms with E-state index < -0.39 is 0 Å². The van der Waals surface area contributed by atoms with Gasteiger partial charge in [0.15, 0.2) is 0 Å². The first-order chi connectivity index (χ1) is 5.96. The molecular weight excluding hydrogens is 164 g/mol. The van der Waals surface area contributed by atoms with Crippen molar-refractivity contribution >= 4 is 0 Å². The molecule has 1 unspecified atom stereocenters. The largest absolute Gasteiger partial charge is 0.375 e. The average Bonchev–Trinajstić information content (AvgIpc) is 2.53. The van der Waals surface area contributed by atoms with E-state index in [2.05, 4.69) is 38.2 Å². The van der Waals surface area contributed by atoms with Crippen LogP contribution in [-0.4, -0.2) is 50.3 Å². The van der Waals surface area contributed by atoms with Crippen molar-refractivity contribution in [1.29, 1.82) is 0 Å². The summed E-state index contributed by atoms with van der Waals surface area (Å²) in [4.78, 5) is 2.24. The lowest BCUT2D eigenvalue weighted by atomic mass is 9.80. The molecule has 0 aromatic rings. The maximum absolute atomic E-state index is 5.72. The lowest BCUT2D eigenvalue weighted by Crippen LogP contribution is -2.60. The van der Waals surface area contributed by atoms with Gasteiger partial charge in [0.25, 0.3) is 0 Å². The molecule has 13 heavy (non-hydrogen) atoms. The van der Waals surface area contributed by atoms with Gasteiger partial charge in [-0.25, -0.2) is 0 Å². The fraction of sp³-hybridized carbons (Fsp3) is 1.00. The molecule has 1 aliphatic heterocycles. The zero-order chi connectivity index (χ0) is 10.1. The highest BCUT2D eigenvalue weighted by Crippen LogP contribution is 2.34. The number of hydrogen-bond donors (Lipinski definition) is 1. The normalized spacial score (nSPS) is 30.0. The fourth-order valence-corrected chi connectivity index (χ4v) is 2.02. The SMILES string of the molecule is COC1(C(C)(C)N(C)C)CCNC1. The number of ether oxygens (including phenoxy) is 1. The number of rotatable bonds is 3. The van der Waals surface area contributed by atoms with Gasteiger partial charge in [-0.2, -0.15) is 0 Å². The fourth-order valence-electron chi connectivity index (χ4n) is 2.02. The Morgan fingerprint density at radius 2 is 2.00 bits per heavy atom. The quantitative estimate of drug-likeness (QED) is 0.702. The Morgan fingerprint density at radius 3 is 2.31 bits per heavy atom. The van der Waals surface area contributed by atoms with E-state index in [9.17, 15) is 0 Å². The van der Waals surface area contributed by atoms with Crippen LogP contribution < -0.4 is 5.32 Å². The van der Waals surface area contributed by atoms with Crippen LogP contribution in [0.2, 0.25) is 0 Å². The van der Waals surface area contributed by atoms with Crippen LogP contribution in [0.15, 0.2) is 0 Å². The van der Waals surface area contributed by atoms with Gasteiger partial charge in [-0.05, 0) is 40.9 Å². The number of likely N-dealkylation sites (N-methyl/N-ethyl adjacent to an activating group) is 1. The maximum atomic E-state index is 5.72. The van der Waals surface area contributed by atoms with Crippen molar-refractivity contribution in [2.75, 3.05) is 34.3 Å². The predicted octanol–water partition coefficient (Wildman–Crippen LogP) is 0.705. The van der Waals surface area contributed by atoms with Crippen molar-refractivity contribution in [3.8, 4) is 0 Å². The second-order valence-corrected chi connectivity index (χ2v) is 4.58. The molecule has 3 nitrogen and oxygen atoms in total. The van der Waals surface area contributed by atoms with Gasteiger partial charge in [-0.15, -0.1) is 0 Å². The van der Waals surface area contributed by atoms with Gasteiger partial charge in [0.2, 0.25) is 0 Å². The third-order valence-electron chi connectivity index (χ3n) is 3.74. The Kier molecular flexibility index (Phi) is 3.00. The van der Waals surface area contributed by atoms with Crippen LogP contribution in [0, 0.1) is 0 Å². The molecule has 0 bridgehead atoms. The van der Waals surface area contributed by atoms with Gasteiger partial charge < -0.3 is 15.0 Å².